The van der Waals surface area contributed by atoms with E-state index in [2.05, 4.69) is 22.3 Å². The summed E-state index contributed by atoms with van der Waals surface area (Å²) in [7, 11) is 0. The Morgan fingerprint density at radius 1 is 1.04 bits per heavy atom. The first-order chi connectivity index (χ1) is 11.3. The first-order valence-corrected chi connectivity index (χ1v) is 8.22. The van der Waals surface area contributed by atoms with Crippen LogP contribution in [0.1, 0.15) is 28.8 Å². The number of hydrogen-bond acceptors (Lipinski definition) is 3. The summed E-state index contributed by atoms with van der Waals surface area (Å²) in [6.07, 6.45) is 3.40. The molecule has 0 aliphatic carbocycles. The molecule has 2 aliphatic rings. The van der Waals surface area contributed by atoms with Crippen LogP contribution in [0.3, 0.4) is 0 Å². The summed E-state index contributed by atoms with van der Waals surface area (Å²) in [6, 6.07) is 13.7. The molecule has 118 valence electrons. The maximum atomic E-state index is 12.4. The summed E-state index contributed by atoms with van der Waals surface area (Å²) < 4.78 is 5.48. The van der Waals surface area contributed by atoms with Gasteiger partial charge in [-0.15, -0.1) is 0 Å². The molecule has 0 spiro atoms. The van der Waals surface area contributed by atoms with Gasteiger partial charge < -0.3 is 15.0 Å². The molecule has 2 aromatic carbocycles. The van der Waals surface area contributed by atoms with E-state index in [1.165, 1.54) is 18.5 Å². The number of rotatable bonds is 3. The fourth-order valence-corrected chi connectivity index (χ4v) is 3.26. The minimum Gasteiger partial charge on any atom is -0.493 e. The van der Waals surface area contributed by atoms with E-state index in [4.69, 9.17) is 4.74 Å². The van der Waals surface area contributed by atoms with Gasteiger partial charge in [0.05, 0.1) is 6.61 Å². The zero-order chi connectivity index (χ0) is 15.6. The lowest BCUT2D eigenvalue weighted by molar-refractivity contribution is 0.102. The fourth-order valence-electron chi connectivity index (χ4n) is 3.26. The molecule has 4 rings (SSSR count). The largest absolute Gasteiger partial charge is 0.493 e. The van der Waals surface area contributed by atoms with E-state index in [1.54, 1.807) is 0 Å². The molecule has 1 amide bonds. The quantitative estimate of drug-likeness (QED) is 0.944. The molecule has 1 fully saturated rings. The molecule has 0 bridgehead atoms. The van der Waals surface area contributed by atoms with Gasteiger partial charge in [0, 0.05) is 36.4 Å². The third kappa shape index (κ3) is 2.89. The highest BCUT2D eigenvalue weighted by molar-refractivity contribution is 6.04. The summed E-state index contributed by atoms with van der Waals surface area (Å²) in [5, 5.41) is 2.97. The summed E-state index contributed by atoms with van der Waals surface area (Å²) in [5.74, 6) is 0.824. The van der Waals surface area contributed by atoms with Crippen LogP contribution in [0.15, 0.2) is 42.5 Å². The maximum absolute atomic E-state index is 12.4. The monoisotopic (exact) mass is 308 g/mol. The molecule has 1 N–H and O–H groups in total. The van der Waals surface area contributed by atoms with Gasteiger partial charge >= 0.3 is 0 Å². The lowest BCUT2D eigenvalue weighted by Gasteiger charge is -2.17. The van der Waals surface area contributed by atoms with E-state index in [1.807, 2.05) is 30.3 Å². The molecule has 2 aromatic rings. The number of amides is 1. The van der Waals surface area contributed by atoms with Gasteiger partial charge in [-0.1, -0.05) is 0 Å². The topological polar surface area (TPSA) is 41.6 Å². The van der Waals surface area contributed by atoms with Crippen molar-refractivity contribution in [3.05, 3.63) is 53.6 Å². The number of hydrogen-bond donors (Lipinski definition) is 1. The highest BCUT2D eigenvalue weighted by Gasteiger charge is 2.15. The van der Waals surface area contributed by atoms with Crippen LogP contribution in [0.25, 0.3) is 0 Å². The van der Waals surface area contributed by atoms with Crippen molar-refractivity contribution in [1.29, 1.82) is 0 Å². The molecule has 0 radical (unpaired) electrons. The Bertz CT molecular complexity index is 719. The van der Waals surface area contributed by atoms with Gasteiger partial charge in [0.2, 0.25) is 0 Å². The van der Waals surface area contributed by atoms with Gasteiger partial charge in [-0.2, -0.15) is 0 Å². The number of fused-ring (bicyclic) bond motifs is 1. The second-order valence-corrected chi connectivity index (χ2v) is 6.12. The summed E-state index contributed by atoms with van der Waals surface area (Å²) in [4.78, 5) is 14.8. The molecule has 2 aliphatic heterocycles. The highest BCUT2D eigenvalue weighted by Crippen LogP contribution is 2.26. The van der Waals surface area contributed by atoms with Crippen molar-refractivity contribution in [2.24, 2.45) is 0 Å². The van der Waals surface area contributed by atoms with Crippen molar-refractivity contribution in [2.75, 3.05) is 29.9 Å². The third-order valence-corrected chi connectivity index (χ3v) is 4.55. The normalized spacial score (nSPS) is 16.1. The van der Waals surface area contributed by atoms with Crippen molar-refractivity contribution >= 4 is 17.3 Å². The van der Waals surface area contributed by atoms with Crippen molar-refractivity contribution in [1.82, 2.24) is 0 Å². The SMILES string of the molecule is O=C(Nc1ccc(N2CCCC2)cc1)c1ccc2c(c1)CCO2. The number of anilines is 2. The molecule has 0 unspecified atom stereocenters. The Balaban J connectivity index is 1.46. The van der Waals surface area contributed by atoms with Gasteiger partial charge in [-0.25, -0.2) is 0 Å². The number of carbonyl (C=O) groups is 1. The van der Waals surface area contributed by atoms with Crippen LogP contribution in [0.2, 0.25) is 0 Å². The maximum Gasteiger partial charge on any atom is 0.255 e. The number of nitrogens with zero attached hydrogens (tertiary/aromatic N) is 1. The smallest absolute Gasteiger partial charge is 0.255 e. The van der Waals surface area contributed by atoms with Gasteiger partial charge in [0.1, 0.15) is 5.75 Å². The average Bonchev–Trinajstić information content (AvgIpc) is 3.26. The molecule has 23 heavy (non-hydrogen) atoms. The molecule has 4 heteroatoms. The Morgan fingerprint density at radius 2 is 1.83 bits per heavy atom. The van der Waals surface area contributed by atoms with Crippen LogP contribution in [-0.2, 0) is 6.42 Å². The first kappa shape index (κ1) is 14.1. The molecule has 0 aromatic heterocycles. The molecule has 0 atom stereocenters. The molecular formula is C19H20N2O2. The van der Waals surface area contributed by atoms with Crippen molar-refractivity contribution in [3.63, 3.8) is 0 Å². The van der Waals surface area contributed by atoms with Crippen LogP contribution < -0.4 is 15.0 Å². The van der Waals surface area contributed by atoms with Crippen LogP contribution in [-0.4, -0.2) is 25.6 Å². The molecule has 0 saturated carbocycles. The number of nitrogens with one attached hydrogen (secondary N) is 1. The van der Waals surface area contributed by atoms with Crippen molar-refractivity contribution in [2.45, 2.75) is 19.3 Å². The van der Waals surface area contributed by atoms with Gasteiger partial charge in [-0.05, 0) is 60.9 Å². The number of carbonyl (C=O) groups excluding carboxylic acids is 1. The zero-order valence-electron chi connectivity index (χ0n) is 13.0. The van der Waals surface area contributed by atoms with E-state index in [0.29, 0.717) is 12.2 Å². The minimum atomic E-state index is -0.0753. The van der Waals surface area contributed by atoms with E-state index in [-0.39, 0.29) is 5.91 Å². The Morgan fingerprint density at radius 3 is 2.61 bits per heavy atom. The second kappa shape index (κ2) is 5.95. The third-order valence-electron chi connectivity index (χ3n) is 4.55. The van der Waals surface area contributed by atoms with Crippen LogP contribution in [0.4, 0.5) is 11.4 Å². The zero-order valence-corrected chi connectivity index (χ0v) is 13.0. The van der Waals surface area contributed by atoms with E-state index >= 15 is 0 Å². The van der Waals surface area contributed by atoms with Gasteiger partial charge in [-0.3, -0.25) is 4.79 Å². The summed E-state index contributed by atoms with van der Waals surface area (Å²) in [5.41, 5.74) is 3.85. The standard InChI is InChI=1S/C19H20N2O2/c22-19(15-3-8-18-14(13-15)9-12-23-18)20-16-4-6-17(7-5-16)21-10-1-2-11-21/h3-8,13H,1-2,9-12H2,(H,20,22). The minimum absolute atomic E-state index is 0.0753. The van der Waals surface area contributed by atoms with Crippen LogP contribution in [0.5, 0.6) is 5.75 Å². The number of benzene rings is 2. The van der Waals surface area contributed by atoms with Crippen molar-refractivity contribution in [3.8, 4) is 5.75 Å². The van der Waals surface area contributed by atoms with Crippen LogP contribution in [0, 0.1) is 0 Å². The highest BCUT2D eigenvalue weighted by atomic mass is 16.5. The van der Waals surface area contributed by atoms with Crippen molar-refractivity contribution < 1.29 is 9.53 Å². The predicted octanol–water partition coefficient (Wildman–Crippen LogP) is 3.47. The van der Waals surface area contributed by atoms with Gasteiger partial charge in [0.15, 0.2) is 0 Å². The Labute approximate surface area is 136 Å². The van der Waals surface area contributed by atoms with Crippen LogP contribution >= 0.6 is 0 Å². The fraction of sp³-hybridized carbons (Fsp3) is 0.316. The van der Waals surface area contributed by atoms with Gasteiger partial charge in [0.25, 0.3) is 5.91 Å². The molecular weight excluding hydrogens is 288 g/mol. The van der Waals surface area contributed by atoms with E-state index in [0.717, 1.165) is 36.5 Å². The second-order valence-electron chi connectivity index (χ2n) is 6.12. The average molecular weight is 308 g/mol. The lowest BCUT2D eigenvalue weighted by Crippen LogP contribution is -2.17. The van der Waals surface area contributed by atoms with E-state index < -0.39 is 0 Å². The first-order valence-electron chi connectivity index (χ1n) is 8.22. The Hall–Kier alpha value is -2.49. The lowest BCUT2D eigenvalue weighted by atomic mass is 10.1. The Kier molecular flexibility index (Phi) is 3.66. The molecule has 2 heterocycles. The number of ether oxygens (including phenoxy) is 1. The van der Waals surface area contributed by atoms with E-state index in [9.17, 15) is 4.79 Å². The molecule has 1 saturated heterocycles. The molecule has 4 nitrogen and oxygen atoms in total. The predicted molar refractivity (Wildman–Crippen MR) is 91.5 cm³/mol. The summed E-state index contributed by atoms with van der Waals surface area (Å²) >= 11 is 0. The summed E-state index contributed by atoms with van der Waals surface area (Å²) in [6.45, 7) is 2.96.